The van der Waals surface area contributed by atoms with Crippen molar-refractivity contribution < 1.29 is 24.0 Å². The van der Waals surface area contributed by atoms with Crippen molar-refractivity contribution in [1.82, 2.24) is 4.90 Å². The molecule has 148 valence electrons. The number of carbonyl (C=O) groups is 2. The highest BCUT2D eigenvalue weighted by atomic mass is 16.6. The van der Waals surface area contributed by atoms with Crippen LogP contribution in [0.4, 0.5) is 11.4 Å². The Morgan fingerprint density at radius 1 is 1.37 bits per heavy atom. The Morgan fingerprint density at radius 3 is 2.81 bits per heavy atom. The van der Waals surface area contributed by atoms with E-state index in [-0.39, 0.29) is 29.8 Å². The zero-order chi connectivity index (χ0) is 19.8. The first-order chi connectivity index (χ1) is 12.9. The minimum absolute atomic E-state index is 0.0137. The van der Waals surface area contributed by atoms with E-state index in [1.165, 1.54) is 12.1 Å². The first-order valence-electron chi connectivity index (χ1n) is 8.92. The quantitative estimate of drug-likeness (QED) is 0.319. The number of anilines is 1. The molecule has 1 atom stereocenters. The standard InChI is InChI=1S/C18H25N3O6/c1-13-5-3-4-9-20(13)17(22)12-27-18(23)15-11-14(21(24)25)6-7-16(15)19-8-10-26-2/h6-7,11,13,19H,3-5,8-10,12H2,1-2H3. The first kappa shape index (κ1) is 20.6. The monoisotopic (exact) mass is 379 g/mol. The average molecular weight is 379 g/mol. The van der Waals surface area contributed by atoms with Gasteiger partial charge in [0.2, 0.25) is 0 Å². The Balaban J connectivity index is 2.07. The average Bonchev–Trinajstić information content (AvgIpc) is 2.66. The Hall–Kier alpha value is -2.68. The minimum atomic E-state index is -0.781. The molecule has 0 aliphatic carbocycles. The number of amides is 1. The van der Waals surface area contributed by atoms with E-state index in [1.807, 2.05) is 6.92 Å². The van der Waals surface area contributed by atoms with Crippen molar-refractivity contribution >= 4 is 23.3 Å². The number of benzene rings is 1. The molecule has 0 radical (unpaired) electrons. The highest BCUT2D eigenvalue weighted by Gasteiger charge is 2.25. The fourth-order valence-corrected chi connectivity index (χ4v) is 3.01. The Morgan fingerprint density at radius 2 is 2.15 bits per heavy atom. The van der Waals surface area contributed by atoms with Crippen molar-refractivity contribution in [2.75, 3.05) is 38.7 Å². The molecule has 9 nitrogen and oxygen atoms in total. The first-order valence-corrected chi connectivity index (χ1v) is 8.92. The number of likely N-dealkylation sites (tertiary alicyclic amines) is 1. The van der Waals surface area contributed by atoms with Gasteiger partial charge in [-0.1, -0.05) is 0 Å². The predicted molar refractivity (Wildman–Crippen MR) is 98.8 cm³/mol. The van der Waals surface area contributed by atoms with Gasteiger partial charge in [0.1, 0.15) is 0 Å². The third kappa shape index (κ3) is 5.65. The molecule has 1 aliphatic rings. The van der Waals surface area contributed by atoms with Gasteiger partial charge in [0.05, 0.1) is 17.1 Å². The summed E-state index contributed by atoms with van der Waals surface area (Å²) in [5.74, 6) is -1.04. The number of methoxy groups -OCH3 is 1. The third-order valence-electron chi connectivity index (χ3n) is 4.51. The normalized spacial score (nSPS) is 16.7. The van der Waals surface area contributed by atoms with Crippen LogP contribution >= 0.6 is 0 Å². The fraction of sp³-hybridized carbons (Fsp3) is 0.556. The van der Waals surface area contributed by atoms with Crippen molar-refractivity contribution in [2.24, 2.45) is 0 Å². The summed E-state index contributed by atoms with van der Waals surface area (Å²) in [4.78, 5) is 36.9. The lowest BCUT2D eigenvalue weighted by molar-refractivity contribution is -0.384. The van der Waals surface area contributed by atoms with Gasteiger partial charge in [-0.15, -0.1) is 0 Å². The molecule has 0 bridgehead atoms. The summed E-state index contributed by atoms with van der Waals surface area (Å²) >= 11 is 0. The van der Waals surface area contributed by atoms with Gasteiger partial charge in [0, 0.05) is 44.1 Å². The van der Waals surface area contributed by atoms with Crippen LogP contribution in [-0.4, -0.2) is 61.2 Å². The number of non-ortho nitro benzene ring substituents is 1. The Bertz CT molecular complexity index is 694. The molecule has 1 aromatic rings. The SMILES string of the molecule is COCCNc1ccc([N+](=O)[O-])cc1C(=O)OCC(=O)N1CCCCC1C. The summed E-state index contributed by atoms with van der Waals surface area (Å²) in [6, 6.07) is 4.01. The lowest BCUT2D eigenvalue weighted by atomic mass is 10.0. The number of ether oxygens (including phenoxy) is 2. The van der Waals surface area contributed by atoms with Crippen LogP contribution in [-0.2, 0) is 14.3 Å². The summed E-state index contributed by atoms with van der Waals surface area (Å²) in [5.41, 5.74) is 0.177. The van der Waals surface area contributed by atoms with Gasteiger partial charge in [0.25, 0.3) is 11.6 Å². The maximum absolute atomic E-state index is 12.5. The number of hydrogen-bond acceptors (Lipinski definition) is 7. The van der Waals surface area contributed by atoms with Crippen LogP contribution in [0.15, 0.2) is 18.2 Å². The molecule has 1 N–H and O–H groups in total. The van der Waals surface area contributed by atoms with Gasteiger partial charge < -0.3 is 19.7 Å². The molecule has 1 heterocycles. The molecule has 2 rings (SSSR count). The van der Waals surface area contributed by atoms with Crippen LogP contribution in [0.5, 0.6) is 0 Å². The highest BCUT2D eigenvalue weighted by Crippen LogP contribution is 2.23. The number of nitrogens with one attached hydrogen (secondary N) is 1. The van der Waals surface area contributed by atoms with Crippen molar-refractivity contribution in [2.45, 2.75) is 32.2 Å². The Kier molecular flexibility index (Phi) is 7.54. The van der Waals surface area contributed by atoms with Gasteiger partial charge in [-0.05, 0) is 32.3 Å². The molecule has 1 unspecified atom stereocenters. The van der Waals surface area contributed by atoms with E-state index in [9.17, 15) is 19.7 Å². The molecule has 27 heavy (non-hydrogen) atoms. The van der Waals surface area contributed by atoms with Crippen LogP contribution in [0.25, 0.3) is 0 Å². The fourth-order valence-electron chi connectivity index (χ4n) is 3.01. The van der Waals surface area contributed by atoms with Crippen LogP contribution in [0.1, 0.15) is 36.5 Å². The molecule has 0 aromatic heterocycles. The number of carbonyl (C=O) groups excluding carboxylic acids is 2. The van der Waals surface area contributed by atoms with E-state index in [4.69, 9.17) is 9.47 Å². The third-order valence-corrected chi connectivity index (χ3v) is 4.51. The van der Waals surface area contributed by atoms with Crippen LogP contribution in [0, 0.1) is 10.1 Å². The molecular weight excluding hydrogens is 354 g/mol. The number of hydrogen-bond donors (Lipinski definition) is 1. The maximum Gasteiger partial charge on any atom is 0.341 e. The second-order valence-electron chi connectivity index (χ2n) is 6.41. The van der Waals surface area contributed by atoms with E-state index in [0.29, 0.717) is 25.4 Å². The van der Waals surface area contributed by atoms with Gasteiger partial charge in [0.15, 0.2) is 6.61 Å². The number of nitro benzene ring substituents is 1. The smallest absolute Gasteiger partial charge is 0.341 e. The van der Waals surface area contributed by atoms with Crippen molar-refractivity contribution in [3.63, 3.8) is 0 Å². The van der Waals surface area contributed by atoms with Gasteiger partial charge in [-0.25, -0.2) is 4.79 Å². The number of rotatable bonds is 8. The van der Waals surface area contributed by atoms with E-state index in [0.717, 1.165) is 25.3 Å². The van der Waals surface area contributed by atoms with Gasteiger partial charge in [-0.3, -0.25) is 14.9 Å². The largest absolute Gasteiger partial charge is 0.452 e. The van der Waals surface area contributed by atoms with Crippen LogP contribution < -0.4 is 5.32 Å². The molecule has 1 aliphatic heterocycles. The lowest BCUT2D eigenvalue weighted by Gasteiger charge is -2.33. The van der Waals surface area contributed by atoms with Crippen LogP contribution in [0.2, 0.25) is 0 Å². The number of nitro groups is 1. The van der Waals surface area contributed by atoms with E-state index < -0.39 is 10.9 Å². The summed E-state index contributed by atoms with van der Waals surface area (Å²) in [7, 11) is 1.54. The molecule has 1 fully saturated rings. The summed E-state index contributed by atoms with van der Waals surface area (Å²) in [5, 5.41) is 14.0. The zero-order valence-corrected chi connectivity index (χ0v) is 15.6. The predicted octanol–water partition coefficient (Wildman–Crippen LogP) is 2.21. The highest BCUT2D eigenvalue weighted by molar-refractivity contribution is 5.97. The maximum atomic E-state index is 12.5. The van der Waals surface area contributed by atoms with Crippen molar-refractivity contribution in [3.8, 4) is 0 Å². The number of piperidine rings is 1. The second-order valence-corrected chi connectivity index (χ2v) is 6.41. The van der Waals surface area contributed by atoms with E-state index >= 15 is 0 Å². The zero-order valence-electron chi connectivity index (χ0n) is 15.6. The molecule has 1 aromatic carbocycles. The number of nitrogens with zero attached hydrogens (tertiary/aromatic N) is 2. The topological polar surface area (TPSA) is 111 Å². The summed E-state index contributed by atoms with van der Waals surface area (Å²) in [6.07, 6.45) is 2.94. The van der Waals surface area contributed by atoms with Crippen molar-refractivity contribution in [1.29, 1.82) is 0 Å². The molecule has 1 amide bonds. The van der Waals surface area contributed by atoms with E-state index in [2.05, 4.69) is 5.32 Å². The molecule has 1 saturated heterocycles. The van der Waals surface area contributed by atoms with E-state index in [1.54, 1.807) is 12.0 Å². The van der Waals surface area contributed by atoms with Gasteiger partial charge in [-0.2, -0.15) is 0 Å². The van der Waals surface area contributed by atoms with Crippen LogP contribution in [0.3, 0.4) is 0 Å². The van der Waals surface area contributed by atoms with Crippen molar-refractivity contribution in [3.05, 3.63) is 33.9 Å². The minimum Gasteiger partial charge on any atom is -0.452 e. The van der Waals surface area contributed by atoms with Gasteiger partial charge >= 0.3 is 5.97 Å². The lowest BCUT2D eigenvalue weighted by Crippen LogP contribution is -2.44. The second kappa shape index (κ2) is 9.86. The molecule has 0 saturated carbocycles. The molecule has 0 spiro atoms. The Labute approximate surface area is 157 Å². The summed E-state index contributed by atoms with van der Waals surface area (Å²) in [6.45, 7) is 3.05. The molecule has 9 heteroatoms. The number of esters is 1. The summed E-state index contributed by atoms with van der Waals surface area (Å²) < 4.78 is 10.1. The molecular formula is C18H25N3O6.